The molecule has 10 nitrogen and oxygen atoms in total. The first-order valence-electron chi connectivity index (χ1n) is 14.3. The van der Waals surface area contributed by atoms with Crippen LogP contribution in [0.1, 0.15) is 12.0 Å². The van der Waals surface area contributed by atoms with Gasteiger partial charge in [0.2, 0.25) is 11.8 Å². The maximum Gasteiger partial charge on any atom is 0.326 e. The van der Waals surface area contributed by atoms with E-state index in [4.69, 9.17) is 32.7 Å². The number of carbonyl (C=O) groups excluding carboxylic acids is 3. The number of anilines is 1. The number of aliphatic hydroxyl groups is 1. The van der Waals surface area contributed by atoms with E-state index in [0.717, 1.165) is 4.90 Å². The predicted molar refractivity (Wildman–Crippen MR) is 169 cm³/mol. The number of aliphatic hydroxyl groups excluding tert-OH is 1. The van der Waals surface area contributed by atoms with Crippen LogP contribution in [0.15, 0.2) is 48.5 Å². The van der Waals surface area contributed by atoms with Gasteiger partial charge < -0.3 is 30.1 Å². The molecule has 0 spiro atoms. The third-order valence-corrected chi connectivity index (χ3v) is 8.92. The zero-order chi connectivity index (χ0) is 32.4. The number of benzene rings is 3. The van der Waals surface area contributed by atoms with Crippen molar-refractivity contribution in [3.05, 3.63) is 70.0 Å². The zero-order valence-corrected chi connectivity index (χ0v) is 26.4. The molecule has 13 heteroatoms. The summed E-state index contributed by atoms with van der Waals surface area (Å²) in [7, 11) is 4.29. The molecule has 3 aromatic rings. The molecule has 2 heterocycles. The lowest BCUT2D eigenvalue weighted by Gasteiger charge is -2.33. The Morgan fingerprint density at radius 3 is 2.49 bits per heavy atom. The fourth-order valence-corrected chi connectivity index (χ4v) is 6.12. The van der Waals surface area contributed by atoms with Gasteiger partial charge in [-0.15, -0.1) is 0 Å². The summed E-state index contributed by atoms with van der Waals surface area (Å²) in [6.45, 7) is 0.867. The number of hydrogen-bond acceptors (Lipinski definition) is 7. The van der Waals surface area contributed by atoms with Gasteiger partial charge in [-0.3, -0.25) is 14.5 Å². The molecule has 2 aliphatic heterocycles. The molecule has 3 atom stereocenters. The molecular weight excluding hydrogens is 626 g/mol. The van der Waals surface area contributed by atoms with E-state index < -0.39 is 35.7 Å². The number of nitrogens with one attached hydrogen (secondary N) is 2. The monoisotopic (exact) mass is 658 g/mol. The van der Waals surface area contributed by atoms with Crippen LogP contribution in [0.4, 0.5) is 14.9 Å². The van der Waals surface area contributed by atoms with Gasteiger partial charge in [-0.1, -0.05) is 53.5 Å². The Morgan fingerprint density at radius 2 is 1.78 bits per heavy atom. The highest BCUT2D eigenvalue weighted by Crippen LogP contribution is 2.42. The van der Waals surface area contributed by atoms with Crippen LogP contribution in [-0.2, 0) is 20.9 Å². The van der Waals surface area contributed by atoms with Crippen LogP contribution >= 0.6 is 23.2 Å². The molecule has 0 saturated carbocycles. The van der Waals surface area contributed by atoms with Crippen LogP contribution in [0.25, 0.3) is 22.3 Å². The van der Waals surface area contributed by atoms with Crippen molar-refractivity contribution in [3.63, 3.8) is 0 Å². The van der Waals surface area contributed by atoms with Crippen molar-refractivity contribution >= 4 is 46.7 Å². The van der Waals surface area contributed by atoms with Crippen molar-refractivity contribution in [2.75, 3.05) is 46.3 Å². The second kappa shape index (κ2) is 13.7. The minimum Gasteiger partial charge on any atom is -0.496 e. The number of imide groups is 1. The van der Waals surface area contributed by atoms with Gasteiger partial charge in [0.1, 0.15) is 17.5 Å². The standard InChI is InChI=1S/C32H33Cl2FN4O6/c1-38-15-22(31(42)39(2)32(38)43)30(41)37-24-9-5-8-20(29(24)34)19-7-4-6-18(28(19)33)17-12-23(35)21(27(13-17)44-3)14-36-25-16-45-11-10-26(25)40/h4-9,12-13,22,25-26,36,40H,10-11,14-16H2,1-3H3,(H,37,41)/t22?,25-,26-/m0/s1. The smallest absolute Gasteiger partial charge is 0.326 e. The summed E-state index contributed by atoms with van der Waals surface area (Å²) in [4.78, 5) is 40.0. The van der Waals surface area contributed by atoms with Crippen molar-refractivity contribution in [3.8, 4) is 28.0 Å². The Morgan fingerprint density at radius 1 is 1.09 bits per heavy atom. The predicted octanol–water partition coefficient (Wildman–Crippen LogP) is 4.79. The highest BCUT2D eigenvalue weighted by molar-refractivity contribution is 6.39. The third-order valence-electron chi connectivity index (χ3n) is 8.11. The third kappa shape index (κ3) is 6.63. The molecule has 0 aromatic heterocycles. The lowest BCUT2D eigenvalue weighted by atomic mass is 9.96. The summed E-state index contributed by atoms with van der Waals surface area (Å²) in [6.07, 6.45) is -0.0850. The summed E-state index contributed by atoms with van der Waals surface area (Å²) in [6, 6.07) is 12.5. The molecule has 0 bridgehead atoms. The fraction of sp³-hybridized carbons (Fsp3) is 0.344. The number of amides is 4. The number of rotatable bonds is 8. The lowest BCUT2D eigenvalue weighted by molar-refractivity contribution is -0.140. The molecule has 2 aliphatic rings. The van der Waals surface area contributed by atoms with Gasteiger partial charge in [-0.25, -0.2) is 9.18 Å². The average Bonchev–Trinajstić information content (AvgIpc) is 3.02. The number of methoxy groups -OCH3 is 1. The Balaban J connectivity index is 1.41. The second-order valence-electron chi connectivity index (χ2n) is 11.0. The van der Waals surface area contributed by atoms with E-state index in [-0.39, 0.29) is 29.8 Å². The maximum atomic E-state index is 15.5. The van der Waals surface area contributed by atoms with Crippen LogP contribution in [-0.4, -0.2) is 85.9 Å². The molecule has 3 N–H and O–H groups in total. The van der Waals surface area contributed by atoms with Crippen LogP contribution in [0.5, 0.6) is 5.75 Å². The highest BCUT2D eigenvalue weighted by atomic mass is 35.5. The van der Waals surface area contributed by atoms with Gasteiger partial charge in [-0.05, 0) is 30.2 Å². The van der Waals surface area contributed by atoms with Crippen molar-refractivity contribution in [1.29, 1.82) is 0 Å². The minimum absolute atomic E-state index is 0.0646. The molecule has 2 saturated heterocycles. The lowest BCUT2D eigenvalue weighted by Crippen LogP contribution is -2.56. The first-order valence-corrected chi connectivity index (χ1v) is 15.0. The van der Waals surface area contributed by atoms with Crippen LogP contribution in [0, 0.1) is 11.7 Å². The van der Waals surface area contributed by atoms with Crippen LogP contribution in [0.3, 0.4) is 0 Å². The number of carbonyl (C=O) groups is 3. The Bertz CT molecular complexity index is 1640. The van der Waals surface area contributed by atoms with E-state index in [0.29, 0.717) is 58.2 Å². The van der Waals surface area contributed by atoms with E-state index in [1.807, 2.05) is 0 Å². The van der Waals surface area contributed by atoms with Gasteiger partial charge in [0.15, 0.2) is 0 Å². The Kier molecular flexibility index (Phi) is 9.95. The number of hydrogen-bond donors (Lipinski definition) is 3. The van der Waals surface area contributed by atoms with E-state index in [1.165, 1.54) is 32.2 Å². The van der Waals surface area contributed by atoms with Crippen molar-refractivity contribution < 1.29 is 33.4 Å². The van der Waals surface area contributed by atoms with E-state index in [9.17, 15) is 19.5 Å². The molecule has 45 heavy (non-hydrogen) atoms. The number of ether oxygens (including phenoxy) is 2. The van der Waals surface area contributed by atoms with Crippen molar-refractivity contribution in [1.82, 2.24) is 15.1 Å². The molecule has 0 radical (unpaired) electrons. The highest BCUT2D eigenvalue weighted by Gasteiger charge is 2.39. The van der Waals surface area contributed by atoms with Gasteiger partial charge in [0, 0.05) is 56.0 Å². The van der Waals surface area contributed by atoms with Gasteiger partial charge in [0.25, 0.3) is 0 Å². The molecule has 4 amide bonds. The molecule has 5 rings (SSSR count). The van der Waals surface area contributed by atoms with Crippen molar-refractivity contribution in [2.45, 2.75) is 25.1 Å². The Hall–Kier alpha value is -3.74. The largest absolute Gasteiger partial charge is 0.496 e. The SMILES string of the molecule is COc1cc(-c2cccc(-c3cccc(NC(=O)C4CN(C)C(=O)N(C)C4=O)c3Cl)c2Cl)cc(F)c1CN[C@H]1COCC[C@@H]1O. The molecule has 238 valence electrons. The molecule has 0 aliphatic carbocycles. The summed E-state index contributed by atoms with van der Waals surface area (Å²) in [5.41, 5.74) is 2.59. The Labute approximate surface area is 270 Å². The topological polar surface area (TPSA) is 120 Å². The summed E-state index contributed by atoms with van der Waals surface area (Å²) < 4.78 is 26.5. The van der Waals surface area contributed by atoms with E-state index in [1.54, 1.807) is 42.5 Å². The summed E-state index contributed by atoms with van der Waals surface area (Å²) in [5, 5.41) is 16.6. The second-order valence-corrected chi connectivity index (χ2v) is 11.7. The number of halogens is 3. The molecule has 2 fully saturated rings. The number of nitrogens with zero attached hydrogens (tertiary/aromatic N) is 2. The molecule has 1 unspecified atom stereocenters. The molecule has 3 aromatic carbocycles. The van der Waals surface area contributed by atoms with Gasteiger partial charge in [0.05, 0.1) is 41.6 Å². The first-order chi connectivity index (χ1) is 21.5. The maximum absolute atomic E-state index is 15.5. The normalized spacial score (nSPS) is 20.4. The van der Waals surface area contributed by atoms with E-state index >= 15 is 4.39 Å². The quantitative estimate of drug-likeness (QED) is 0.298. The fourth-order valence-electron chi connectivity index (χ4n) is 5.50. The van der Waals surface area contributed by atoms with Gasteiger partial charge in [-0.2, -0.15) is 0 Å². The van der Waals surface area contributed by atoms with Crippen LogP contribution < -0.4 is 15.4 Å². The average molecular weight is 660 g/mol. The van der Waals surface area contributed by atoms with Gasteiger partial charge >= 0.3 is 6.03 Å². The molecular formula is C32H33Cl2FN4O6. The summed E-state index contributed by atoms with van der Waals surface area (Å²) in [5.74, 6) is -2.52. The summed E-state index contributed by atoms with van der Waals surface area (Å²) >= 11 is 13.7. The van der Waals surface area contributed by atoms with E-state index in [2.05, 4.69) is 10.6 Å². The van der Waals surface area contributed by atoms with Crippen molar-refractivity contribution in [2.24, 2.45) is 5.92 Å². The first kappa shape index (κ1) is 32.6. The zero-order valence-electron chi connectivity index (χ0n) is 24.9. The minimum atomic E-state index is -1.10. The van der Waals surface area contributed by atoms with Crippen LogP contribution in [0.2, 0.25) is 10.0 Å². The number of urea groups is 1.